The molecule has 0 heterocycles. The first-order valence-electron chi connectivity index (χ1n) is 25.2. The third kappa shape index (κ3) is 13.6. The average Bonchev–Trinajstić information content (AvgIpc) is 3.25. The second-order valence-corrected chi connectivity index (χ2v) is 20.6. The summed E-state index contributed by atoms with van der Waals surface area (Å²) < 4.78 is 112. The quantitative estimate of drug-likeness (QED) is 0.0788. The van der Waals surface area contributed by atoms with Crippen LogP contribution >= 0.6 is 0 Å². The molecule has 0 aromatic heterocycles. The Labute approximate surface area is 381 Å². The summed E-state index contributed by atoms with van der Waals surface area (Å²) in [6.07, 6.45) is 21.9. The van der Waals surface area contributed by atoms with E-state index in [2.05, 4.69) is 41.5 Å². The molecule has 3 aliphatic rings. The smallest absolute Gasteiger partial charge is 0.484 e. The van der Waals surface area contributed by atoms with Crippen molar-refractivity contribution in [3.05, 3.63) is 88.0 Å². The van der Waals surface area contributed by atoms with Gasteiger partial charge in [-0.15, -0.1) is 0 Å². The van der Waals surface area contributed by atoms with Crippen LogP contribution in [0.2, 0.25) is 0 Å². The molecule has 0 spiro atoms. The fourth-order valence-electron chi connectivity index (χ4n) is 11.9. The van der Waals surface area contributed by atoms with E-state index in [0.717, 1.165) is 131 Å². The van der Waals surface area contributed by atoms with E-state index in [1.165, 1.54) is 38.5 Å². The SMILES string of the molecule is CCCC1CCC(C(C)Cc2cc(F)c(OB(Oc3c(F)cc(CC(C)C4CCC(CCC)CC4)cc3F)Oc3c(F)cc(CC(C)C4CCC(CCC)CC4)cc3F)c(F)c2)CC1. The topological polar surface area (TPSA) is 27.7 Å². The Kier molecular flexibility index (Phi) is 18.8. The van der Waals surface area contributed by atoms with Crippen LogP contribution in [0.3, 0.4) is 0 Å². The van der Waals surface area contributed by atoms with E-state index in [4.69, 9.17) is 14.0 Å². The molecule has 0 radical (unpaired) electrons. The summed E-state index contributed by atoms with van der Waals surface area (Å²) in [5.74, 6) is -5.41. The van der Waals surface area contributed by atoms with Crippen LogP contribution in [0.25, 0.3) is 0 Å². The fraction of sp³-hybridized carbons (Fsp3) is 0.667. The van der Waals surface area contributed by atoms with Gasteiger partial charge in [-0.1, -0.05) is 119 Å². The number of halogens is 6. The Balaban J connectivity index is 1.20. The number of hydrogen-bond donors (Lipinski definition) is 0. The molecular weight excluding hydrogens is 821 g/mol. The average molecular weight is 897 g/mol. The van der Waals surface area contributed by atoms with Crippen molar-refractivity contribution in [1.29, 1.82) is 0 Å². The lowest BCUT2D eigenvalue weighted by Crippen LogP contribution is -2.38. The van der Waals surface area contributed by atoms with Crippen molar-refractivity contribution < 1.29 is 40.3 Å². The maximum absolute atomic E-state index is 15.9. The third-order valence-electron chi connectivity index (χ3n) is 15.7. The Hall–Kier alpha value is -3.30. The summed E-state index contributed by atoms with van der Waals surface area (Å²) in [4.78, 5) is 0. The lowest BCUT2D eigenvalue weighted by atomic mass is 9.74. The largest absolute Gasteiger partial charge is 0.864 e. The normalized spacial score (nSPS) is 24.2. The maximum atomic E-state index is 15.9. The molecule has 3 aliphatic carbocycles. The van der Waals surface area contributed by atoms with Gasteiger partial charge in [-0.25, -0.2) is 26.3 Å². The van der Waals surface area contributed by atoms with Gasteiger partial charge in [-0.2, -0.15) is 0 Å². The van der Waals surface area contributed by atoms with Crippen LogP contribution in [0, 0.1) is 88.2 Å². The van der Waals surface area contributed by atoms with Crippen LogP contribution in [0.15, 0.2) is 36.4 Å². The van der Waals surface area contributed by atoms with E-state index in [1.54, 1.807) is 0 Å². The van der Waals surface area contributed by atoms with Crippen molar-refractivity contribution in [2.75, 3.05) is 0 Å². The van der Waals surface area contributed by atoms with Crippen LogP contribution in [0.5, 0.6) is 17.2 Å². The molecular formula is C54H75BF6O3. The van der Waals surface area contributed by atoms with Gasteiger partial charge in [-0.3, -0.25) is 0 Å². The minimum atomic E-state index is -2.38. The van der Waals surface area contributed by atoms with Crippen molar-refractivity contribution >= 4 is 7.32 Å². The number of rotatable bonds is 21. The van der Waals surface area contributed by atoms with Crippen LogP contribution in [-0.2, 0) is 19.3 Å². The maximum Gasteiger partial charge on any atom is 0.864 e. The first-order valence-corrected chi connectivity index (χ1v) is 25.2. The first-order chi connectivity index (χ1) is 30.7. The molecule has 3 saturated carbocycles. The zero-order valence-electron chi connectivity index (χ0n) is 39.6. The van der Waals surface area contributed by atoms with Crippen molar-refractivity contribution in [3.8, 4) is 17.2 Å². The van der Waals surface area contributed by atoms with E-state index in [0.29, 0.717) is 53.7 Å². The lowest BCUT2D eigenvalue weighted by molar-refractivity contribution is 0.206. The molecule has 6 rings (SSSR count). The third-order valence-corrected chi connectivity index (χ3v) is 15.7. The van der Waals surface area contributed by atoms with Crippen molar-refractivity contribution in [2.45, 2.75) is 176 Å². The molecule has 0 aliphatic heterocycles. The zero-order valence-corrected chi connectivity index (χ0v) is 39.6. The van der Waals surface area contributed by atoms with Crippen LogP contribution in [-0.4, -0.2) is 7.32 Å². The van der Waals surface area contributed by atoms with Crippen molar-refractivity contribution in [1.82, 2.24) is 0 Å². The molecule has 3 fully saturated rings. The molecule has 0 bridgehead atoms. The summed E-state index contributed by atoms with van der Waals surface area (Å²) in [6.45, 7) is 12.9. The van der Waals surface area contributed by atoms with Crippen molar-refractivity contribution in [3.63, 3.8) is 0 Å². The van der Waals surface area contributed by atoms with Gasteiger partial charge in [0.15, 0.2) is 52.2 Å². The van der Waals surface area contributed by atoms with Gasteiger partial charge >= 0.3 is 7.32 Å². The van der Waals surface area contributed by atoms with Gasteiger partial charge in [0.1, 0.15) is 0 Å². The van der Waals surface area contributed by atoms with Gasteiger partial charge in [-0.05, 0) is 164 Å². The second kappa shape index (κ2) is 23.9. The highest BCUT2D eigenvalue weighted by Crippen LogP contribution is 2.40. The highest BCUT2D eigenvalue weighted by atomic mass is 19.2. The molecule has 3 unspecified atom stereocenters. The van der Waals surface area contributed by atoms with Crippen LogP contribution in [0.4, 0.5) is 26.3 Å². The summed E-state index contributed by atoms with van der Waals surface area (Å²) >= 11 is 0. The van der Waals surface area contributed by atoms with Gasteiger partial charge in [0.2, 0.25) is 0 Å². The molecule has 3 nitrogen and oxygen atoms in total. The first kappa shape index (κ1) is 50.1. The number of benzene rings is 3. The zero-order chi connectivity index (χ0) is 45.9. The number of hydrogen-bond acceptors (Lipinski definition) is 3. The molecule has 3 atom stereocenters. The Morgan fingerprint density at radius 3 is 0.828 bits per heavy atom. The standard InChI is InChI=1S/C54H75BF6O3/c1-7-10-37-13-19-43(20-14-37)34(4)25-40-28-46(56)52(47(57)29-40)62-55(63-53-48(58)30-41(31-49(53)59)26-35(5)44-21-15-38(11-8-2)16-22-44)64-54-50(60)32-42(33-51(54)61)27-36(6)45-23-17-39(12-9-3)18-24-45/h28-39,43-45H,7-27H2,1-6H3. The second-order valence-electron chi connectivity index (χ2n) is 20.6. The molecule has 0 saturated heterocycles. The van der Waals surface area contributed by atoms with E-state index in [1.807, 2.05) is 0 Å². The van der Waals surface area contributed by atoms with Crippen LogP contribution in [0.1, 0.15) is 174 Å². The van der Waals surface area contributed by atoms with Crippen LogP contribution < -0.4 is 14.0 Å². The van der Waals surface area contributed by atoms with Gasteiger partial charge in [0.05, 0.1) is 0 Å². The molecule has 3 aromatic rings. The van der Waals surface area contributed by atoms with Gasteiger partial charge in [0.25, 0.3) is 0 Å². The predicted octanol–water partition coefficient (Wildman–Crippen LogP) is 16.4. The summed E-state index contributed by atoms with van der Waals surface area (Å²) in [6, 6.07) is 6.97. The molecule has 354 valence electrons. The highest BCUT2D eigenvalue weighted by molar-refractivity contribution is 6.39. The minimum Gasteiger partial charge on any atom is -0.484 e. The highest BCUT2D eigenvalue weighted by Gasteiger charge is 2.38. The van der Waals surface area contributed by atoms with E-state index >= 15 is 26.3 Å². The fourth-order valence-corrected chi connectivity index (χ4v) is 11.9. The molecule has 3 aromatic carbocycles. The summed E-state index contributed by atoms with van der Waals surface area (Å²) in [5.41, 5.74) is 1.28. The molecule has 0 N–H and O–H groups in total. The van der Waals surface area contributed by atoms with Crippen molar-refractivity contribution in [2.24, 2.45) is 53.3 Å². The van der Waals surface area contributed by atoms with Gasteiger partial charge in [0, 0.05) is 0 Å². The molecule has 0 amide bonds. The van der Waals surface area contributed by atoms with E-state index < -0.39 is 59.5 Å². The molecule has 64 heavy (non-hydrogen) atoms. The van der Waals surface area contributed by atoms with Gasteiger partial charge < -0.3 is 14.0 Å². The summed E-state index contributed by atoms with van der Waals surface area (Å²) in [7, 11) is -2.38. The summed E-state index contributed by atoms with van der Waals surface area (Å²) in [5, 5.41) is 0. The Morgan fingerprint density at radius 1 is 0.406 bits per heavy atom. The van der Waals surface area contributed by atoms with E-state index in [-0.39, 0.29) is 17.8 Å². The lowest BCUT2D eigenvalue weighted by Gasteiger charge is -2.32. The minimum absolute atomic E-state index is 0.183. The predicted molar refractivity (Wildman–Crippen MR) is 246 cm³/mol. The van der Waals surface area contributed by atoms with E-state index in [9.17, 15) is 0 Å². The molecule has 10 heteroatoms. The Morgan fingerprint density at radius 2 is 0.625 bits per heavy atom. The Bertz CT molecular complexity index is 1630. The monoisotopic (exact) mass is 897 g/mol.